The van der Waals surface area contributed by atoms with Crippen molar-refractivity contribution in [3.05, 3.63) is 30.3 Å². The number of para-hydroxylation sites is 1. The summed E-state index contributed by atoms with van der Waals surface area (Å²) in [4.78, 5) is 33.6. The fraction of sp³-hybridized carbons (Fsp3) is 0.357. The van der Waals surface area contributed by atoms with Crippen molar-refractivity contribution in [3.8, 4) is 5.75 Å². The molecule has 2 atom stereocenters. The maximum Gasteiger partial charge on any atom is 0.326 e. The third-order valence-corrected chi connectivity index (χ3v) is 2.72. The van der Waals surface area contributed by atoms with Crippen molar-refractivity contribution >= 4 is 17.8 Å². The normalized spacial score (nSPS) is 13.0. The third kappa shape index (κ3) is 5.94. The molecule has 0 radical (unpaired) electrons. The van der Waals surface area contributed by atoms with Crippen LogP contribution in [0.15, 0.2) is 30.3 Å². The highest BCUT2D eigenvalue weighted by Gasteiger charge is 2.24. The van der Waals surface area contributed by atoms with Gasteiger partial charge in [0.25, 0.3) is 5.91 Å². The number of hydrogen-bond acceptors (Lipinski definition) is 4. The predicted molar refractivity (Wildman–Crippen MR) is 74.5 cm³/mol. The second-order valence-corrected chi connectivity index (χ2v) is 4.48. The highest BCUT2D eigenvalue weighted by molar-refractivity contribution is 5.86. The van der Waals surface area contributed by atoms with Gasteiger partial charge in [0.15, 0.2) is 6.10 Å². The van der Waals surface area contributed by atoms with E-state index in [1.165, 1.54) is 6.92 Å². The van der Waals surface area contributed by atoms with E-state index in [0.29, 0.717) is 5.75 Å². The Kier molecular flexibility index (Phi) is 6.19. The molecule has 114 valence electrons. The minimum Gasteiger partial charge on any atom is -0.481 e. The van der Waals surface area contributed by atoms with E-state index in [9.17, 15) is 14.4 Å². The van der Waals surface area contributed by atoms with Crippen LogP contribution < -0.4 is 15.8 Å². The van der Waals surface area contributed by atoms with Gasteiger partial charge in [-0.15, -0.1) is 0 Å². The summed E-state index contributed by atoms with van der Waals surface area (Å²) in [5.41, 5.74) is 4.96. The topological polar surface area (TPSA) is 119 Å². The van der Waals surface area contributed by atoms with Gasteiger partial charge in [-0.2, -0.15) is 0 Å². The van der Waals surface area contributed by atoms with Gasteiger partial charge in [-0.25, -0.2) is 4.79 Å². The molecule has 1 unspecified atom stereocenters. The number of primary amides is 1. The fourth-order valence-electron chi connectivity index (χ4n) is 1.59. The van der Waals surface area contributed by atoms with Gasteiger partial charge in [0.2, 0.25) is 5.91 Å². The number of nitrogens with two attached hydrogens (primary N) is 1. The maximum atomic E-state index is 11.9. The van der Waals surface area contributed by atoms with Crippen LogP contribution in [0.25, 0.3) is 0 Å². The van der Waals surface area contributed by atoms with E-state index in [4.69, 9.17) is 15.6 Å². The van der Waals surface area contributed by atoms with E-state index in [1.807, 2.05) is 6.07 Å². The molecule has 1 aromatic carbocycles. The number of carboxylic acid groups (broad SMARTS) is 1. The molecule has 0 spiro atoms. The minimum absolute atomic E-state index is 0.0610. The number of hydrogen-bond donors (Lipinski definition) is 3. The highest BCUT2D eigenvalue weighted by Crippen LogP contribution is 2.11. The van der Waals surface area contributed by atoms with Crippen LogP contribution in [0.4, 0.5) is 0 Å². The molecular formula is C14H18N2O5. The Labute approximate surface area is 122 Å². The van der Waals surface area contributed by atoms with Crippen molar-refractivity contribution in [2.45, 2.75) is 31.9 Å². The number of amides is 2. The van der Waals surface area contributed by atoms with Crippen LogP contribution >= 0.6 is 0 Å². The van der Waals surface area contributed by atoms with Crippen molar-refractivity contribution in [2.75, 3.05) is 0 Å². The first-order chi connectivity index (χ1) is 9.90. The molecule has 2 amide bonds. The van der Waals surface area contributed by atoms with Gasteiger partial charge in [0, 0.05) is 6.42 Å². The van der Waals surface area contributed by atoms with Gasteiger partial charge in [-0.1, -0.05) is 18.2 Å². The van der Waals surface area contributed by atoms with Gasteiger partial charge in [0.1, 0.15) is 11.8 Å². The van der Waals surface area contributed by atoms with Crippen LogP contribution in [0, 0.1) is 0 Å². The average Bonchev–Trinajstić information content (AvgIpc) is 2.43. The molecule has 0 saturated carbocycles. The lowest BCUT2D eigenvalue weighted by molar-refractivity contribution is -0.143. The summed E-state index contributed by atoms with van der Waals surface area (Å²) in [6.45, 7) is 1.51. The second-order valence-electron chi connectivity index (χ2n) is 4.48. The standard InChI is InChI=1S/C14H18N2O5/c1-9(21-10-5-3-2-4-6-10)13(18)16-11(14(19)20)7-8-12(15)17/h2-6,9,11H,7-8H2,1H3,(H2,15,17)(H,16,18)(H,19,20)/t9?,11-/m1/s1. The predicted octanol–water partition coefficient (Wildman–Crippen LogP) is 0.289. The smallest absolute Gasteiger partial charge is 0.326 e. The SMILES string of the molecule is CC(Oc1ccccc1)C(=O)N[C@H](CCC(N)=O)C(=O)O. The molecule has 4 N–H and O–H groups in total. The largest absolute Gasteiger partial charge is 0.481 e. The Morgan fingerprint density at radius 3 is 2.43 bits per heavy atom. The Morgan fingerprint density at radius 2 is 1.90 bits per heavy atom. The molecule has 7 nitrogen and oxygen atoms in total. The van der Waals surface area contributed by atoms with Gasteiger partial charge in [0.05, 0.1) is 0 Å². The van der Waals surface area contributed by atoms with Crippen molar-refractivity contribution in [1.82, 2.24) is 5.32 Å². The molecule has 1 rings (SSSR count). The first-order valence-electron chi connectivity index (χ1n) is 6.43. The van der Waals surface area contributed by atoms with Gasteiger partial charge in [-0.3, -0.25) is 9.59 Å². The Hall–Kier alpha value is -2.57. The van der Waals surface area contributed by atoms with E-state index in [0.717, 1.165) is 0 Å². The van der Waals surface area contributed by atoms with Crippen LogP contribution in [-0.2, 0) is 14.4 Å². The van der Waals surface area contributed by atoms with Crippen LogP contribution in [0.1, 0.15) is 19.8 Å². The summed E-state index contributed by atoms with van der Waals surface area (Å²) >= 11 is 0. The number of ether oxygens (including phenoxy) is 1. The number of carbonyl (C=O) groups excluding carboxylic acids is 2. The fourth-order valence-corrected chi connectivity index (χ4v) is 1.59. The molecule has 0 bridgehead atoms. The summed E-state index contributed by atoms with van der Waals surface area (Å²) in [5.74, 6) is -1.92. The molecule has 0 aliphatic rings. The van der Waals surface area contributed by atoms with Gasteiger partial charge >= 0.3 is 5.97 Å². The van der Waals surface area contributed by atoms with Crippen LogP contribution in [0.2, 0.25) is 0 Å². The van der Waals surface area contributed by atoms with Crippen LogP contribution in [-0.4, -0.2) is 35.0 Å². The van der Waals surface area contributed by atoms with Crippen molar-refractivity contribution in [1.29, 1.82) is 0 Å². The maximum absolute atomic E-state index is 11.9. The molecular weight excluding hydrogens is 276 g/mol. The quantitative estimate of drug-likeness (QED) is 0.636. The molecule has 21 heavy (non-hydrogen) atoms. The molecule has 7 heteroatoms. The number of benzene rings is 1. The molecule has 0 aromatic heterocycles. The van der Waals surface area contributed by atoms with E-state index in [1.54, 1.807) is 24.3 Å². The lowest BCUT2D eigenvalue weighted by Crippen LogP contribution is -2.46. The molecule has 0 aliphatic heterocycles. The third-order valence-electron chi connectivity index (χ3n) is 2.72. The molecule has 0 heterocycles. The molecule has 1 aromatic rings. The van der Waals surface area contributed by atoms with Crippen LogP contribution in [0.5, 0.6) is 5.75 Å². The lowest BCUT2D eigenvalue weighted by atomic mass is 10.1. The number of rotatable bonds is 8. The van der Waals surface area contributed by atoms with Crippen molar-refractivity contribution < 1.29 is 24.2 Å². The van der Waals surface area contributed by atoms with Crippen LogP contribution in [0.3, 0.4) is 0 Å². The summed E-state index contributed by atoms with van der Waals surface area (Å²) in [5, 5.41) is 11.3. The van der Waals surface area contributed by atoms with Gasteiger partial charge < -0.3 is 20.9 Å². The average molecular weight is 294 g/mol. The summed E-state index contributed by atoms with van der Waals surface area (Å²) in [7, 11) is 0. The lowest BCUT2D eigenvalue weighted by Gasteiger charge is -2.18. The zero-order chi connectivity index (χ0) is 15.8. The van der Waals surface area contributed by atoms with E-state index in [-0.39, 0.29) is 12.8 Å². The van der Waals surface area contributed by atoms with Crippen molar-refractivity contribution in [3.63, 3.8) is 0 Å². The summed E-state index contributed by atoms with van der Waals surface area (Å²) in [6, 6.07) is 7.52. The molecule has 0 saturated heterocycles. The zero-order valence-corrected chi connectivity index (χ0v) is 11.6. The number of aliphatic carboxylic acids is 1. The van der Waals surface area contributed by atoms with Crippen molar-refractivity contribution in [2.24, 2.45) is 5.73 Å². The zero-order valence-electron chi connectivity index (χ0n) is 11.6. The number of carboxylic acids is 1. The first kappa shape index (κ1) is 16.5. The Morgan fingerprint density at radius 1 is 1.29 bits per heavy atom. The minimum atomic E-state index is -1.23. The highest BCUT2D eigenvalue weighted by atomic mass is 16.5. The van der Waals surface area contributed by atoms with E-state index < -0.39 is 29.9 Å². The molecule has 0 aliphatic carbocycles. The van der Waals surface area contributed by atoms with Gasteiger partial charge in [-0.05, 0) is 25.5 Å². The van der Waals surface area contributed by atoms with E-state index in [2.05, 4.69) is 5.32 Å². The Balaban J connectivity index is 2.56. The monoisotopic (exact) mass is 294 g/mol. The number of carbonyl (C=O) groups is 3. The number of nitrogens with one attached hydrogen (secondary N) is 1. The first-order valence-corrected chi connectivity index (χ1v) is 6.43. The van der Waals surface area contributed by atoms with E-state index >= 15 is 0 Å². The molecule has 0 fully saturated rings. The summed E-state index contributed by atoms with van der Waals surface area (Å²) < 4.78 is 5.39. The Bertz CT molecular complexity index is 503. The second kappa shape index (κ2) is 7.88. The summed E-state index contributed by atoms with van der Waals surface area (Å²) in [6.07, 6.45) is -1.04.